The molecule has 0 spiro atoms. The molecule has 6 rings (SSSR count). The number of nitrogen functional groups attached to an aromatic ring is 2. The zero-order valence-electron chi connectivity index (χ0n) is 65.7. The molecule has 692 valence electrons. The molecule has 2 saturated heterocycles. The molecule has 4 aromatic heterocycles. The summed E-state index contributed by atoms with van der Waals surface area (Å²) in [6.07, 6.45) is 3.34. The van der Waals surface area contributed by atoms with Gasteiger partial charge in [0.05, 0.1) is 66.2 Å². The van der Waals surface area contributed by atoms with Crippen molar-refractivity contribution in [3.05, 3.63) is 36.2 Å². The predicted octanol–water partition coefficient (Wildman–Crippen LogP) is 4.83. The van der Waals surface area contributed by atoms with Gasteiger partial charge in [-0.15, -0.1) is 0 Å². The average molecular weight is 1950 g/mol. The van der Waals surface area contributed by atoms with E-state index in [1.54, 1.807) is 0 Å². The van der Waals surface area contributed by atoms with E-state index in [9.17, 15) is 105 Å². The number of hydrogen-bond acceptors (Lipinski definition) is 37. The maximum Gasteiger partial charge on any atom is 0.490 e. The summed E-state index contributed by atoms with van der Waals surface area (Å²) in [6.45, 7) is 0.0910. The van der Waals surface area contributed by atoms with Crippen molar-refractivity contribution >= 4 is 183 Å². The molecule has 0 bridgehead atoms. The smallest absolute Gasteiger partial charge is 0.481 e. The Bertz CT molecular complexity index is 4550. The molecular formula is C65H95N11O38P6S4. The minimum atomic E-state index is -5.75. The van der Waals surface area contributed by atoms with Gasteiger partial charge < -0.3 is 116 Å². The van der Waals surface area contributed by atoms with Crippen LogP contribution in [0.1, 0.15) is 172 Å². The van der Waals surface area contributed by atoms with Crippen molar-refractivity contribution < 1.29 is 181 Å². The van der Waals surface area contributed by atoms with Crippen LogP contribution in [0.25, 0.3) is 22.1 Å². The quantitative estimate of drug-likeness (QED) is 0.0122. The molecule has 49 nitrogen and oxygen atoms in total. The number of unbranched alkanes of at least 4 members (excludes halogenated alkanes) is 6. The Morgan fingerprint density at radius 2 is 0.879 bits per heavy atom. The molecule has 22 N–H and O–H groups in total. The van der Waals surface area contributed by atoms with Crippen LogP contribution >= 0.6 is 90.1 Å². The lowest BCUT2D eigenvalue weighted by molar-refractivity contribution is -0.147. The van der Waals surface area contributed by atoms with E-state index in [0.717, 1.165) is 0 Å². The summed E-state index contributed by atoms with van der Waals surface area (Å²) in [6, 6.07) is -3.68. The van der Waals surface area contributed by atoms with E-state index >= 15 is 0 Å². The number of ether oxygens (including phenoxy) is 2. The number of nitrogens with zero attached hydrogens (tertiary/aromatic N) is 6. The first-order valence-corrected chi connectivity index (χ1v) is 51.2. The number of amides is 2. The third kappa shape index (κ3) is 40.4. The fourth-order valence-corrected chi connectivity index (χ4v) is 22.0. The molecule has 0 aliphatic carbocycles. The number of nitrogens with two attached hydrogens (primary N) is 3. The summed E-state index contributed by atoms with van der Waals surface area (Å²) in [5.74, 6) is 6.91. The number of phosphoric ester groups is 2. The first-order valence-electron chi connectivity index (χ1n) is 37.2. The van der Waals surface area contributed by atoms with Crippen molar-refractivity contribution in [1.82, 2.24) is 39.7 Å². The van der Waals surface area contributed by atoms with Crippen LogP contribution in [0.2, 0.25) is 0 Å². The van der Waals surface area contributed by atoms with E-state index < -0.39 is 164 Å². The van der Waals surface area contributed by atoms with Crippen LogP contribution in [-0.4, -0.2) is 236 Å². The highest BCUT2D eigenvalue weighted by atomic mass is 33.1. The number of aliphatic hydroxyl groups is 2. The van der Waals surface area contributed by atoms with E-state index in [4.69, 9.17) is 66.7 Å². The zero-order chi connectivity index (χ0) is 92.5. The van der Waals surface area contributed by atoms with Crippen LogP contribution in [0.4, 0.5) is 11.6 Å². The fraction of sp³-hybridized carbons (Fsp3) is 0.600. The number of carboxylic acids is 4. The number of aliphatic hydroxyl groups excluding tert-OH is 2. The molecule has 0 radical (unpaired) electrons. The second-order valence-electron chi connectivity index (χ2n) is 27.2. The van der Waals surface area contributed by atoms with Gasteiger partial charge >= 0.3 is 70.8 Å². The lowest BCUT2D eigenvalue weighted by Gasteiger charge is -2.19. The number of carbonyl (C=O) groups is 10. The minimum absolute atomic E-state index is 0.0169. The molecule has 0 aromatic carbocycles. The average Bonchev–Trinajstić information content (AvgIpc) is 1.62. The van der Waals surface area contributed by atoms with Gasteiger partial charge in [0.1, 0.15) is 95.5 Å². The van der Waals surface area contributed by atoms with Gasteiger partial charge in [-0.25, -0.2) is 56.9 Å². The second-order valence-corrected chi connectivity index (χ2v) is 41.3. The van der Waals surface area contributed by atoms with Crippen LogP contribution in [0.5, 0.6) is 0 Å². The third-order valence-electron chi connectivity index (χ3n) is 17.2. The van der Waals surface area contributed by atoms with E-state index in [1.807, 2.05) is 6.92 Å². The first-order chi connectivity index (χ1) is 57.9. The normalized spacial score (nSPS) is 19.4. The topological polar surface area (TPSA) is 794 Å². The fourth-order valence-electron chi connectivity index (χ4n) is 11.3. The summed E-state index contributed by atoms with van der Waals surface area (Å²) in [5.41, 5.74) is 19.5. The van der Waals surface area contributed by atoms with E-state index in [0.29, 0.717) is 109 Å². The molecule has 2 aliphatic heterocycles. The standard InChI is InChI=1S/C33H48N5O19P3S2.C32H47N6O19P3S2/c1-20(24(40)10-4-2-3-5-11-27(42)37-23(33(45)46)14-29(43)44)18-62-61-13-12-22(39)9-7-6-8-21-16-38(32-30(21)31(34)35-19-36-32)28-15-25(41)26(55-28)17-54-59(50,51)57-60(52,53)56-58(47,48)49;33-21(23(40)9-3-1-2-4-10-26(42)37-22(32(45)46)13-28(43)44)17-62-61-12-11-20(39)8-6-5-7-19-15-38(31-29(19)30(34)35-18-36-31)27-14-24(41)25(55-27)16-54-59(50,51)57-60(52,53)56-58(47,48)49/h16,19-20,23,25-26,28,41H,2-5,7,9-15,17-18H2,1H3,(H,37,42)(H,43,44)(H,45,46)(H,50,51)(H,52,53)(H2,34,35,36)(H2,47,48,49);15,18,21-22,24-25,27,41H,1-4,6,8-14,16-17,33H2,(H,37,42)(H,43,44)(H,45,46)(H,50,51)(H,52,53)(H2,34,35,36)(H2,47,48,49). The van der Waals surface area contributed by atoms with E-state index in [1.165, 1.54) is 77.4 Å². The molecule has 2 fully saturated rings. The van der Waals surface area contributed by atoms with Crippen molar-refractivity contribution in [2.45, 2.75) is 203 Å². The number of rotatable bonds is 56. The van der Waals surface area contributed by atoms with Crippen molar-refractivity contribution in [2.24, 2.45) is 11.7 Å². The number of Topliss-reactive ketones (excluding diaryl/α,β-unsaturated/α-hetero) is 4. The summed E-state index contributed by atoms with van der Waals surface area (Å²) in [7, 11) is -27.9. The number of aromatic nitrogens is 6. The van der Waals surface area contributed by atoms with Crippen molar-refractivity contribution in [3.63, 3.8) is 0 Å². The molecule has 124 heavy (non-hydrogen) atoms. The molecule has 14 unspecified atom stereocenters. The molecule has 0 saturated carbocycles. The number of fused-ring (bicyclic) bond motifs is 2. The highest BCUT2D eigenvalue weighted by molar-refractivity contribution is 8.77. The van der Waals surface area contributed by atoms with Gasteiger partial charge in [0.15, 0.2) is 0 Å². The van der Waals surface area contributed by atoms with Gasteiger partial charge in [-0.2, -0.15) is 17.2 Å². The summed E-state index contributed by atoms with van der Waals surface area (Å²) in [4.78, 5) is 207. The number of phosphoric acid groups is 6. The largest absolute Gasteiger partial charge is 0.490 e. The van der Waals surface area contributed by atoms with E-state index in [2.05, 4.69) is 80.5 Å². The Hall–Kier alpha value is -6.52. The summed E-state index contributed by atoms with van der Waals surface area (Å²) < 4.78 is 108. The van der Waals surface area contributed by atoms with Gasteiger partial charge in [0, 0.05) is 118 Å². The molecular weight excluding hydrogens is 1860 g/mol. The lowest BCUT2D eigenvalue weighted by Crippen LogP contribution is -2.42. The predicted molar refractivity (Wildman–Crippen MR) is 440 cm³/mol. The number of anilines is 2. The number of carbonyl (C=O) groups excluding carboxylic acids is 6. The Kier molecular flexibility index (Phi) is 45.0. The van der Waals surface area contributed by atoms with Crippen LogP contribution in [-0.2, 0) is 111 Å². The third-order valence-corrected chi connectivity index (χ3v) is 29.9. The highest BCUT2D eigenvalue weighted by Crippen LogP contribution is 2.67. The summed E-state index contributed by atoms with van der Waals surface area (Å²) in [5, 5.41) is 61.8. The summed E-state index contributed by atoms with van der Waals surface area (Å²) >= 11 is 0. The molecule has 4 aromatic rings. The molecule has 6 heterocycles. The minimum Gasteiger partial charge on any atom is -0.481 e. The molecule has 14 atom stereocenters. The van der Waals surface area contributed by atoms with Crippen molar-refractivity contribution in [1.29, 1.82) is 0 Å². The van der Waals surface area contributed by atoms with Crippen LogP contribution in [0, 0.1) is 29.6 Å². The van der Waals surface area contributed by atoms with Crippen molar-refractivity contribution in [2.75, 3.05) is 47.7 Å². The molecule has 2 aliphatic rings. The van der Waals surface area contributed by atoms with Crippen LogP contribution in [0.15, 0.2) is 25.0 Å². The Morgan fingerprint density at radius 3 is 1.25 bits per heavy atom. The number of hydrogen-bond donors (Lipinski definition) is 19. The number of aliphatic carboxylic acids is 4. The van der Waals surface area contributed by atoms with E-state index in [-0.39, 0.29) is 116 Å². The maximum absolute atomic E-state index is 12.5. The van der Waals surface area contributed by atoms with Crippen molar-refractivity contribution in [3.8, 4) is 23.7 Å². The molecule has 59 heteroatoms. The van der Waals surface area contributed by atoms with Gasteiger partial charge in [0.25, 0.3) is 0 Å². The lowest BCUT2D eigenvalue weighted by atomic mass is 10.0. The highest BCUT2D eigenvalue weighted by Gasteiger charge is 2.46. The Morgan fingerprint density at radius 1 is 0.508 bits per heavy atom. The number of nitrogens with one attached hydrogen (secondary N) is 2. The first kappa shape index (κ1) is 108. The number of ketones is 4. The Balaban J connectivity index is 0.000000440. The van der Waals surface area contributed by atoms with Crippen LogP contribution in [0.3, 0.4) is 0 Å². The Labute approximate surface area is 721 Å². The SMILES string of the molecule is CC(CSSCCC(=O)CCC#Cc1cn(C2CC(O)C(COP(=O)(O)OP(=O)(O)OP(=O)(O)O)O2)c2ncnc(N)c12)C(=O)CCCCCCC(=O)NC(CC(=O)O)C(=O)O.Nc1ncnc2c1c(C#CCCC(=O)CCSSCC(N)C(=O)CCCCCCC(=O)NC(CC(=O)O)C(=O)O)cn2C1CC(O)C(COP(=O)(O)OP(=O)(O)OP(=O)(O)O)O1. The van der Waals surface area contributed by atoms with Gasteiger partial charge in [-0.1, -0.05) is 99.5 Å². The van der Waals surface area contributed by atoms with Gasteiger partial charge in [-0.05, 0) is 25.7 Å². The monoisotopic (exact) mass is 1950 g/mol. The van der Waals surface area contributed by atoms with Gasteiger partial charge in [-0.3, -0.25) is 47.4 Å². The maximum atomic E-state index is 12.5. The zero-order valence-corrected chi connectivity index (χ0v) is 74.3. The molecule has 2 amide bonds. The van der Waals surface area contributed by atoms with Crippen LogP contribution < -0.4 is 27.8 Å². The second kappa shape index (κ2) is 51.6. The number of carboxylic acid groups (broad SMARTS) is 4. The van der Waals surface area contributed by atoms with Gasteiger partial charge in [0.2, 0.25) is 11.8 Å².